The Bertz CT molecular complexity index is 718. The molecule has 7 nitrogen and oxygen atoms in total. The van der Waals surface area contributed by atoms with Gasteiger partial charge < -0.3 is 14.2 Å². The van der Waals surface area contributed by atoms with Gasteiger partial charge in [0.25, 0.3) is 5.56 Å². The Labute approximate surface area is 141 Å². The van der Waals surface area contributed by atoms with Gasteiger partial charge in [-0.25, -0.2) is 0 Å². The molecule has 1 aliphatic heterocycles. The SMILES string of the molecule is CN(C[C@@H]1CN(Cc2ccn(C)c(=O)c2)CCO1)c1cccnn1. The van der Waals surface area contributed by atoms with Gasteiger partial charge in [0.2, 0.25) is 0 Å². The lowest BCUT2D eigenvalue weighted by Crippen LogP contribution is -2.46. The molecule has 0 N–H and O–H groups in total. The monoisotopic (exact) mass is 329 g/mol. The zero-order valence-electron chi connectivity index (χ0n) is 14.1. The fraction of sp³-hybridized carbons (Fsp3) is 0.471. The highest BCUT2D eigenvalue weighted by Crippen LogP contribution is 2.13. The fourth-order valence-electron chi connectivity index (χ4n) is 2.88. The van der Waals surface area contributed by atoms with Crippen molar-refractivity contribution < 1.29 is 4.74 Å². The first-order valence-electron chi connectivity index (χ1n) is 8.10. The second kappa shape index (κ2) is 7.55. The van der Waals surface area contributed by atoms with E-state index in [1.165, 1.54) is 0 Å². The smallest absolute Gasteiger partial charge is 0.250 e. The van der Waals surface area contributed by atoms with E-state index in [9.17, 15) is 4.79 Å². The Morgan fingerprint density at radius 2 is 2.29 bits per heavy atom. The minimum atomic E-state index is 0.0275. The molecule has 0 saturated carbocycles. The van der Waals surface area contributed by atoms with Crippen LogP contribution in [0.25, 0.3) is 0 Å². The number of rotatable bonds is 5. The second-order valence-electron chi connectivity index (χ2n) is 6.17. The highest BCUT2D eigenvalue weighted by molar-refractivity contribution is 5.35. The average Bonchev–Trinajstić information content (AvgIpc) is 2.59. The van der Waals surface area contributed by atoms with Crippen LogP contribution in [-0.4, -0.2) is 59.1 Å². The van der Waals surface area contributed by atoms with Crippen LogP contribution >= 0.6 is 0 Å². The van der Waals surface area contributed by atoms with Crippen molar-refractivity contribution in [2.75, 3.05) is 38.2 Å². The molecule has 3 heterocycles. The number of hydrogen-bond acceptors (Lipinski definition) is 6. The molecule has 2 aromatic heterocycles. The molecule has 1 saturated heterocycles. The molecular formula is C17H23N5O2. The van der Waals surface area contributed by atoms with Crippen molar-refractivity contribution in [3.63, 3.8) is 0 Å². The Hall–Kier alpha value is -2.25. The Morgan fingerprint density at radius 1 is 1.42 bits per heavy atom. The molecule has 0 aromatic carbocycles. The summed E-state index contributed by atoms with van der Waals surface area (Å²) in [5.41, 5.74) is 1.07. The van der Waals surface area contributed by atoms with Crippen LogP contribution < -0.4 is 10.5 Å². The topological polar surface area (TPSA) is 63.5 Å². The van der Waals surface area contributed by atoms with E-state index in [0.717, 1.165) is 37.6 Å². The summed E-state index contributed by atoms with van der Waals surface area (Å²) in [4.78, 5) is 16.1. The van der Waals surface area contributed by atoms with Crippen molar-refractivity contribution >= 4 is 5.82 Å². The number of nitrogens with zero attached hydrogens (tertiary/aromatic N) is 5. The van der Waals surface area contributed by atoms with Gasteiger partial charge >= 0.3 is 0 Å². The first-order valence-corrected chi connectivity index (χ1v) is 8.10. The molecule has 0 amide bonds. The normalized spacial score (nSPS) is 18.5. The van der Waals surface area contributed by atoms with E-state index in [1.54, 1.807) is 23.9 Å². The molecule has 0 aliphatic carbocycles. The van der Waals surface area contributed by atoms with Crippen molar-refractivity contribution in [1.29, 1.82) is 0 Å². The number of anilines is 1. The molecule has 2 aromatic rings. The lowest BCUT2D eigenvalue weighted by molar-refractivity contribution is -0.0265. The number of likely N-dealkylation sites (N-methyl/N-ethyl adjacent to an activating group) is 1. The van der Waals surface area contributed by atoms with Crippen molar-refractivity contribution in [2.24, 2.45) is 7.05 Å². The maximum atomic E-state index is 11.7. The summed E-state index contributed by atoms with van der Waals surface area (Å²) in [6.07, 6.45) is 3.59. The van der Waals surface area contributed by atoms with Gasteiger partial charge in [0.1, 0.15) is 0 Å². The van der Waals surface area contributed by atoms with Gasteiger partial charge in [0, 0.05) is 58.7 Å². The first kappa shape index (κ1) is 16.6. The van der Waals surface area contributed by atoms with Crippen LogP contribution in [0.4, 0.5) is 5.82 Å². The Morgan fingerprint density at radius 3 is 3.04 bits per heavy atom. The standard InChI is InChI=1S/C17H23N5O2/c1-20-7-5-14(10-17(20)23)11-22-8-9-24-15(13-22)12-21(2)16-4-3-6-18-19-16/h3-7,10,15H,8-9,11-13H2,1-2H3/t15-/m1/s1. The summed E-state index contributed by atoms with van der Waals surface area (Å²) in [6, 6.07) is 7.52. The quantitative estimate of drug-likeness (QED) is 0.797. The van der Waals surface area contributed by atoms with Gasteiger partial charge in [-0.3, -0.25) is 9.69 Å². The van der Waals surface area contributed by atoms with Crippen LogP contribution in [0, 0.1) is 0 Å². The predicted octanol–water partition coefficient (Wildman–Crippen LogP) is 0.512. The molecule has 128 valence electrons. The van der Waals surface area contributed by atoms with Crippen LogP contribution in [0.5, 0.6) is 0 Å². The molecule has 0 spiro atoms. The van der Waals surface area contributed by atoms with Crippen molar-refractivity contribution in [3.05, 3.63) is 52.6 Å². The highest BCUT2D eigenvalue weighted by Gasteiger charge is 2.22. The van der Waals surface area contributed by atoms with Crippen molar-refractivity contribution in [3.8, 4) is 0 Å². The number of pyridine rings is 1. The van der Waals surface area contributed by atoms with Crippen LogP contribution in [0.15, 0.2) is 41.5 Å². The Kier molecular flexibility index (Phi) is 5.22. The number of morpholine rings is 1. The van der Waals surface area contributed by atoms with Crippen LogP contribution in [0.3, 0.4) is 0 Å². The minimum absolute atomic E-state index is 0.0275. The minimum Gasteiger partial charge on any atom is -0.374 e. The van der Waals surface area contributed by atoms with E-state index >= 15 is 0 Å². The average molecular weight is 329 g/mol. The summed E-state index contributed by atoms with van der Waals surface area (Å²) in [5.74, 6) is 0.838. The van der Waals surface area contributed by atoms with E-state index in [4.69, 9.17) is 4.74 Å². The van der Waals surface area contributed by atoms with Gasteiger partial charge in [0.05, 0.1) is 12.7 Å². The van der Waals surface area contributed by atoms with E-state index in [2.05, 4.69) is 20.0 Å². The van der Waals surface area contributed by atoms with E-state index < -0.39 is 0 Å². The van der Waals surface area contributed by atoms with Crippen molar-refractivity contribution in [1.82, 2.24) is 19.7 Å². The van der Waals surface area contributed by atoms with Gasteiger partial charge in [0.15, 0.2) is 5.82 Å². The molecule has 1 aliphatic rings. The number of hydrogen-bond donors (Lipinski definition) is 0. The molecule has 7 heteroatoms. The third-order valence-corrected chi connectivity index (χ3v) is 4.22. The molecule has 1 fully saturated rings. The third kappa shape index (κ3) is 4.18. The molecule has 0 bridgehead atoms. The second-order valence-corrected chi connectivity index (χ2v) is 6.17. The molecule has 0 radical (unpaired) electrons. The summed E-state index contributed by atoms with van der Waals surface area (Å²) in [5, 5.41) is 8.03. The number of ether oxygens (including phenoxy) is 1. The van der Waals surface area contributed by atoms with Gasteiger partial charge in [-0.05, 0) is 23.8 Å². The maximum absolute atomic E-state index is 11.7. The molecule has 24 heavy (non-hydrogen) atoms. The van der Waals surface area contributed by atoms with E-state index in [1.807, 2.05) is 31.4 Å². The van der Waals surface area contributed by atoms with Gasteiger partial charge in [-0.15, -0.1) is 5.10 Å². The van der Waals surface area contributed by atoms with E-state index in [-0.39, 0.29) is 11.7 Å². The van der Waals surface area contributed by atoms with Gasteiger partial charge in [-0.2, -0.15) is 5.10 Å². The zero-order chi connectivity index (χ0) is 16.9. The van der Waals surface area contributed by atoms with E-state index in [0.29, 0.717) is 6.61 Å². The molecular weight excluding hydrogens is 306 g/mol. The largest absolute Gasteiger partial charge is 0.374 e. The number of aromatic nitrogens is 3. The molecule has 1 atom stereocenters. The van der Waals surface area contributed by atoms with Crippen molar-refractivity contribution in [2.45, 2.75) is 12.6 Å². The Balaban J connectivity index is 1.58. The predicted molar refractivity (Wildman–Crippen MR) is 92.0 cm³/mol. The third-order valence-electron chi connectivity index (χ3n) is 4.22. The summed E-state index contributed by atoms with van der Waals surface area (Å²) >= 11 is 0. The van der Waals surface area contributed by atoms with Crippen LogP contribution in [0.1, 0.15) is 5.56 Å². The maximum Gasteiger partial charge on any atom is 0.250 e. The highest BCUT2D eigenvalue weighted by atomic mass is 16.5. The summed E-state index contributed by atoms with van der Waals surface area (Å²) in [7, 11) is 3.76. The molecule has 0 unspecified atom stereocenters. The van der Waals surface area contributed by atoms with Gasteiger partial charge in [-0.1, -0.05) is 0 Å². The summed E-state index contributed by atoms with van der Waals surface area (Å²) in [6.45, 7) is 3.93. The number of aryl methyl sites for hydroxylation is 1. The lowest BCUT2D eigenvalue weighted by atomic mass is 10.2. The summed E-state index contributed by atoms with van der Waals surface area (Å²) < 4.78 is 7.47. The molecule has 3 rings (SSSR count). The van der Waals surface area contributed by atoms with Crippen LogP contribution in [0.2, 0.25) is 0 Å². The first-order chi connectivity index (χ1) is 11.6. The fourth-order valence-corrected chi connectivity index (χ4v) is 2.88. The van der Waals surface area contributed by atoms with Crippen LogP contribution in [-0.2, 0) is 18.3 Å². The zero-order valence-corrected chi connectivity index (χ0v) is 14.1. The lowest BCUT2D eigenvalue weighted by Gasteiger charge is -2.35.